The highest BCUT2D eigenvalue weighted by Gasteiger charge is 2.33. The smallest absolute Gasteiger partial charge is 0.341 e. The van der Waals surface area contributed by atoms with Gasteiger partial charge in [0.1, 0.15) is 5.00 Å². The zero-order valence-electron chi connectivity index (χ0n) is 19.2. The molecule has 0 spiro atoms. The predicted molar refractivity (Wildman–Crippen MR) is 121 cm³/mol. The number of rotatable bonds is 5. The lowest BCUT2D eigenvalue weighted by Crippen LogP contribution is -2.31. The van der Waals surface area contributed by atoms with Crippen LogP contribution in [0.5, 0.6) is 0 Å². The molecule has 172 valence electrons. The van der Waals surface area contributed by atoms with Crippen molar-refractivity contribution < 1.29 is 23.9 Å². The molecule has 1 fully saturated rings. The molecule has 1 heterocycles. The molecule has 0 radical (unpaired) electrons. The maximum atomic E-state index is 12.5. The molecule has 6 nitrogen and oxygen atoms in total. The highest BCUT2D eigenvalue weighted by Crippen LogP contribution is 2.40. The van der Waals surface area contributed by atoms with Gasteiger partial charge in [-0.25, -0.2) is 4.79 Å². The molecule has 0 saturated heterocycles. The predicted octanol–water partition coefficient (Wildman–Crippen LogP) is 5.14. The second-order valence-corrected chi connectivity index (χ2v) is 10.9. The summed E-state index contributed by atoms with van der Waals surface area (Å²) in [5.74, 6) is -0.654. The molecule has 1 saturated carbocycles. The Labute approximate surface area is 189 Å². The summed E-state index contributed by atoms with van der Waals surface area (Å²) in [4.78, 5) is 38.5. The fourth-order valence-electron chi connectivity index (χ4n) is 4.76. The summed E-state index contributed by atoms with van der Waals surface area (Å²) in [5, 5.41) is 3.30. The third-order valence-corrected chi connectivity index (χ3v) is 7.90. The molecule has 1 aromatic rings. The summed E-state index contributed by atoms with van der Waals surface area (Å²) in [6.07, 6.45) is 8.62. The van der Waals surface area contributed by atoms with Crippen LogP contribution in [0.3, 0.4) is 0 Å². The fourth-order valence-corrected chi connectivity index (χ4v) is 6.05. The van der Waals surface area contributed by atoms with Crippen LogP contribution in [0.1, 0.15) is 86.5 Å². The molecule has 31 heavy (non-hydrogen) atoms. The molecule has 2 aliphatic rings. The van der Waals surface area contributed by atoms with Gasteiger partial charge in [-0.1, -0.05) is 27.2 Å². The maximum absolute atomic E-state index is 12.5. The van der Waals surface area contributed by atoms with Crippen molar-refractivity contribution in [3.05, 3.63) is 16.0 Å². The average Bonchev–Trinajstić information content (AvgIpc) is 2.91. The van der Waals surface area contributed by atoms with Crippen LogP contribution in [0.15, 0.2) is 0 Å². The second kappa shape index (κ2) is 10.2. The second-order valence-electron chi connectivity index (χ2n) is 9.83. The zero-order chi connectivity index (χ0) is 22.6. The Bertz CT molecular complexity index is 815. The Morgan fingerprint density at radius 2 is 1.71 bits per heavy atom. The number of amides is 1. The number of carbonyl (C=O) groups is 3. The van der Waals surface area contributed by atoms with Crippen LogP contribution in [0.2, 0.25) is 0 Å². The first-order valence-corrected chi connectivity index (χ1v) is 12.2. The first-order chi connectivity index (χ1) is 14.7. The lowest BCUT2D eigenvalue weighted by Gasteiger charge is -2.36. The lowest BCUT2D eigenvalue weighted by atomic mass is 9.70. The number of esters is 2. The minimum absolute atomic E-state index is 0.130. The van der Waals surface area contributed by atoms with E-state index in [2.05, 4.69) is 26.1 Å². The summed E-state index contributed by atoms with van der Waals surface area (Å²) >= 11 is 1.44. The van der Waals surface area contributed by atoms with Crippen LogP contribution in [0, 0.1) is 17.3 Å². The molecule has 7 heteroatoms. The molecule has 0 bridgehead atoms. The van der Waals surface area contributed by atoms with Crippen LogP contribution in [0.25, 0.3) is 0 Å². The van der Waals surface area contributed by atoms with Gasteiger partial charge >= 0.3 is 11.9 Å². The molecule has 1 aromatic heterocycles. The third kappa shape index (κ3) is 5.88. The fraction of sp³-hybridized carbons (Fsp3) is 0.708. The number of aryl methyl sites for hydroxylation is 1. The Balaban J connectivity index is 1.56. The van der Waals surface area contributed by atoms with E-state index < -0.39 is 11.9 Å². The van der Waals surface area contributed by atoms with Gasteiger partial charge in [0.2, 0.25) is 0 Å². The van der Waals surface area contributed by atoms with Crippen molar-refractivity contribution in [1.29, 1.82) is 0 Å². The Morgan fingerprint density at radius 1 is 1.03 bits per heavy atom. The van der Waals surface area contributed by atoms with Gasteiger partial charge in [0.05, 0.1) is 18.6 Å². The third-order valence-electron chi connectivity index (χ3n) is 6.69. The Morgan fingerprint density at radius 3 is 2.35 bits per heavy atom. The number of anilines is 1. The lowest BCUT2D eigenvalue weighted by molar-refractivity contribution is -0.153. The minimum Gasteiger partial charge on any atom is -0.465 e. The number of methoxy groups -OCH3 is 1. The Hall–Kier alpha value is -1.89. The van der Waals surface area contributed by atoms with E-state index in [9.17, 15) is 14.4 Å². The van der Waals surface area contributed by atoms with E-state index in [0.29, 0.717) is 16.5 Å². The largest absolute Gasteiger partial charge is 0.465 e. The number of hydrogen-bond acceptors (Lipinski definition) is 6. The van der Waals surface area contributed by atoms with Crippen LogP contribution >= 0.6 is 11.3 Å². The van der Waals surface area contributed by atoms with Crippen molar-refractivity contribution in [1.82, 2.24) is 0 Å². The van der Waals surface area contributed by atoms with Gasteiger partial charge in [0.15, 0.2) is 6.61 Å². The highest BCUT2D eigenvalue weighted by molar-refractivity contribution is 7.17. The standard InChI is InChI=1S/C24H35NO5S/c1-24(2,3)16-12-10-15(11-13-16)22(27)30-14-19(26)25-21-20(23(28)29-4)17-8-6-5-7-9-18(17)31-21/h15-16H,5-14H2,1-4H3,(H,25,26). The number of ether oxygens (including phenoxy) is 2. The van der Waals surface area contributed by atoms with Crippen molar-refractivity contribution in [2.45, 2.75) is 78.6 Å². The van der Waals surface area contributed by atoms with Crippen molar-refractivity contribution in [3.8, 4) is 0 Å². The number of fused-ring (bicyclic) bond motifs is 1. The summed E-state index contributed by atoms with van der Waals surface area (Å²) < 4.78 is 10.3. The van der Waals surface area contributed by atoms with Gasteiger partial charge in [0.25, 0.3) is 5.91 Å². The number of hydrogen-bond donors (Lipinski definition) is 1. The molecule has 0 unspecified atom stereocenters. The molecule has 0 atom stereocenters. The molecule has 1 amide bonds. The average molecular weight is 450 g/mol. The van der Waals surface area contributed by atoms with E-state index in [4.69, 9.17) is 9.47 Å². The summed E-state index contributed by atoms with van der Waals surface area (Å²) in [6.45, 7) is 6.40. The quantitative estimate of drug-likeness (QED) is 0.497. The van der Waals surface area contributed by atoms with Crippen molar-refractivity contribution >= 4 is 34.2 Å². The van der Waals surface area contributed by atoms with Gasteiger partial charge in [-0.3, -0.25) is 9.59 Å². The summed E-state index contributed by atoms with van der Waals surface area (Å²) in [7, 11) is 1.35. The number of carbonyl (C=O) groups excluding carboxylic acids is 3. The van der Waals surface area contributed by atoms with Gasteiger partial charge < -0.3 is 14.8 Å². The monoisotopic (exact) mass is 449 g/mol. The molecule has 0 aromatic carbocycles. The van der Waals surface area contributed by atoms with Gasteiger partial charge in [0, 0.05) is 4.88 Å². The topological polar surface area (TPSA) is 81.7 Å². The van der Waals surface area contributed by atoms with Crippen molar-refractivity contribution in [3.63, 3.8) is 0 Å². The highest BCUT2D eigenvalue weighted by atomic mass is 32.1. The summed E-state index contributed by atoms with van der Waals surface area (Å²) in [5.41, 5.74) is 1.71. The van der Waals surface area contributed by atoms with Gasteiger partial charge in [-0.15, -0.1) is 11.3 Å². The van der Waals surface area contributed by atoms with E-state index in [1.165, 1.54) is 18.4 Å². The summed E-state index contributed by atoms with van der Waals surface area (Å²) in [6, 6.07) is 0. The molecular weight excluding hydrogens is 414 g/mol. The molecular formula is C24H35NO5S. The molecule has 2 aliphatic carbocycles. The van der Waals surface area contributed by atoms with Crippen LogP contribution in [-0.4, -0.2) is 31.6 Å². The van der Waals surface area contributed by atoms with Crippen LogP contribution in [-0.2, 0) is 31.9 Å². The van der Waals surface area contributed by atoms with Crippen LogP contribution in [0.4, 0.5) is 5.00 Å². The zero-order valence-corrected chi connectivity index (χ0v) is 20.0. The van der Waals surface area contributed by atoms with Gasteiger partial charge in [-0.05, 0) is 68.3 Å². The maximum Gasteiger partial charge on any atom is 0.341 e. The number of nitrogens with one attached hydrogen (secondary N) is 1. The van der Waals surface area contributed by atoms with E-state index in [1.54, 1.807) is 0 Å². The minimum atomic E-state index is -0.428. The number of thiophene rings is 1. The van der Waals surface area contributed by atoms with Crippen molar-refractivity contribution in [2.24, 2.45) is 17.3 Å². The van der Waals surface area contributed by atoms with E-state index >= 15 is 0 Å². The molecule has 3 rings (SSSR count). The first-order valence-electron chi connectivity index (χ1n) is 11.4. The molecule has 1 N–H and O–H groups in total. The molecule has 0 aliphatic heterocycles. The Kier molecular flexibility index (Phi) is 7.78. The normalized spacial score (nSPS) is 21.5. The van der Waals surface area contributed by atoms with E-state index in [1.807, 2.05) is 0 Å². The SMILES string of the molecule is COC(=O)c1c(NC(=O)COC(=O)C2CCC(C(C)(C)C)CC2)sc2c1CCCCC2. The van der Waals surface area contributed by atoms with E-state index in [0.717, 1.165) is 68.2 Å². The van der Waals surface area contributed by atoms with Crippen molar-refractivity contribution in [2.75, 3.05) is 19.0 Å². The van der Waals surface area contributed by atoms with E-state index in [-0.39, 0.29) is 23.9 Å². The first kappa shape index (κ1) is 23.8. The van der Waals surface area contributed by atoms with Gasteiger partial charge in [-0.2, -0.15) is 0 Å². The van der Waals surface area contributed by atoms with Crippen LogP contribution < -0.4 is 5.32 Å².